The van der Waals surface area contributed by atoms with Gasteiger partial charge >= 0.3 is 5.97 Å². The van der Waals surface area contributed by atoms with E-state index in [9.17, 15) is 9.59 Å². The van der Waals surface area contributed by atoms with Crippen LogP contribution in [0.2, 0.25) is 0 Å². The Morgan fingerprint density at radius 3 is 2.95 bits per heavy atom. The Labute approximate surface area is 116 Å². The number of rotatable bonds is 6. The van der Waals surface area contributed by atoms with Crippen LogP contribution in [0.25, 0.3) is 6.08 Å². The van der Waals surface area contributed by atoms with Gasteiger partial charge in [-0.15, -0.1) is 11.3 Å². The lowest BCUT2D eigenvalue weighted by molar-refractivity contribution is -0.131. The molecule has 1 aliphatic rings. The number of hydrogen-bond donors (Lipinski definition) is 2. The average Bonchev–Trinajstić information content (AvgIpc) is 3.12. The van der Waals surface area contributed by atoms with Gasteiger partial charge in [-0.1, -0.05) is 6.92 Å². The molecule has 0 saturated heterocycles. The maximum Gasteiger partial charge on any atom is 0.328 e. The van der Waals surface area contributed by atoms with Crippen LogP contribution in [0.3, 0.4) is 0 Å². The Hall–Kier alpha value is -1.62. The number of aliphatic carboxylic acids is 1. The molecule has 1 aliphatic carbocycles. The van der Waals surface area contributed by atoms with Gasteiger partial charge in [-0.25, -0.2) is 4.79 Å². The lowest BCUT2D eigenvalue weighted by atomic mass is 10.1. The van der Waals surface area contributed by atoms with Gasteiger partial charge in [0.25, 0.3) is 5.91 Å². The molecule has 1 aromatic heterocycles. The summed E-state index contributed by atoms with van der Waals surface area (Å²) >= 11 is 1.36. The number of amides is 1. The van der Waals surface area contributed by atoms with Crippen molar-refractivity contribution in [1.82, 2.24) is 5.32 Å². The van der Waals surface area contributed by atoms with Crippen LogP contribution >= 0.6 is 11.3 Å². The van der Waals surface area contributed by atoms with Gasteiger partial charge in [-0.3, -0.25) is 4.79 Å². The third-order valence-electron chi connectivity index (χ3n) is 3.28. The van der Waals surface area contributed by atoms with E-state index < -0.39 is 5.97 Å². The molecule has 1 heterocycles. The van der Waals surface area contributed by atoms with Crippen LogP contribution in [0.1, 0.15) is 35.0 Å². The van der Waals surface area contributed by atoms with Gasteiger partial charge in [-0.2, -0.15) is 0 Å². The molecular weight excluding hydrogens is 262 g/mol. The van der Waals surface area contributed by atoms with Gasteiger partial charge in [-0.05, 0) is 36.8 Å². The predicted molar refractivity (Wildman–Crippen MR) is 75.2 cm³/mol. The van der Waals surface area contributed by atoms with Crippen molar-refractivity contribution in [1.29, 1.82) is 0 Å². The molecule has 0 bridgehead atoms. The van der Waals surface area contributed by atoms with Crippen molar-refractivity contribution in [3.63, 3.8) is 0 Å². The van der Waals surface area contributed by atoms with Crippen molar-refractivity contribution < 1.29 is 14.7 Å². The highest BCUT2D eigenvalue weighted by Gasteiger charge is 2.27. The second-order valence-corrected chi connectivity index (χ2v) is 5.88. The lowest BCUT2D eigenvalue weighted by Crippen LogP contribution is -2.28. The normalized spacial score (nSPS) is 16.5. The Bertz CT molecular complexity index is 503. The molecule has 1 unspecified atom stereocenters. The maximum absolute atomic E-state index is 11.9. The van der Waals surface area contributed by atoms with Crippen LogP contribution in [0, 0.1) is 11.8 Å². The Balaban J connectivity index is 1.86. The summed E-state index contributed by atoms with van der Waals surface area (Å²) in [5.41, 5.74) is 0.595. The summed E-state index contributed by atoms with van der Waals surface area (Å²) in [5, 5.41) is 13.2. The maximum atomic E-state index is 11.9. The molecule has 0 spiro atoms. The second kappa shape index (κ2) is 6.02. The number of hydrogen-bond acceptors (Lipinski definition) is 3. The van der Waals surface area contributed by atoms with Crippen molar-refractivity contribution in [2.45, 2.75) is 19.8 Å². The molecule has 2 N–H and O–H groups in total. The topological polar surface area (TPSA) is 66.4 Å². The van der Waals surface area contributed by atoms with Crippen molar-refractivity contribution in [3.05, 3.63) is 28.0 Å². The fourth-order valence-corrected chi connectivity index (χ4v) is 2.68. The van der Waals surface area contributed by atoms with E-state index in [2.05, 4.69) is 12.2 Å². The molecule has 1 atom stereocenters. The molecule has 19 heavy (non-hydrogen) atoms. The average molecular weight is 279 g/mol. The van der Waals surface area contributed by atoms with E-state index in [0.29, 0.717) is 18.0 Å². The highest BCUT2D eigenvalue weighted by molar-refractivity contribution is 7.11. The quantitative estimate of drug-likeness (QED) is 0.787. The third kappa shape index (κ3) is 4.21. The van der Waals surface area contributed by atoms with Gasteiger partial charge in [0, 0.05) is 22.9 Å². The number of carbonyl (C=O) groups excluding carboxylic acids is 1. The minimum atomic E-state index is -0.988. The SMILES string of the molecule is CC(CNC(=O)c1csc(/C=C/C(=O)O)c1)C1CC1. The van der Waals surface area contributed by atoms with E-state index in [4.69, 9.17) is 5.11 Å². The molecule has 4 nitrogen and oxygen atoms in total. The summed E-state index contributed by atoms with van der Waals surface area (Å²) in [7, 11) is 0. The minimum absolute atomic E-state index is 0.0845. The molecule has 1 saturated carbocycles. The van der Waals surface area contributed by atoms with E-state index in [1.54, 1.807) is 11.4 Å². The Morgan fingerprint density at radius 2 is 2.32 bits per heavy atom. The zero-order chi connectivity index (χ0) is 13.8. The molecule has 1 fully saturated rings. The molecule has 0 radical (unpaired) electrons. The standard InChI is InChI=1S/C14H17NO3S/c1-9(10-2-3-10)7-15-14(18)11-6-12(19-8-11)4-5-13(16)17/h4-6,8-10H,2-3,7H2,1H3,(H,15,18)(H,16,17)/b5-4+. The molecule has 2 rings (SSSR count). The van der Waals surface area contributed by atoms with Crippen LogP contribution in [0.5, 0.6) is 0 Å². The van der Waals surface area contributed by atoms with E-state index in [0.717, 1.165) is 16.9 Å². The minimum Gasteiger partial charge on any atom is -0.478 e. The third-order valence-corrected chi connectivity index (χ3v) is 4.18. The molecule has 1 amide bonds. The first-order valence-corrected chi connectivity index (χ1v) is 7.22. The fraction of sp³-hybridized carbons (Fsp3) is 0.429. The molecule has 5 heteroatoms. The lowest BCUT2D eigenvalue weighted by Gasteiger charge is -2.10. The van der Waals surface area contributed by atoms with Gasteiger partial charge < -0.3 is 10.4 Å². The van der Waals surface area contributed by atoms with E-state index in [1.807, 2.05) is 0 Å². The van der Waals surface area contributed by atoms with Gasteiger partial charge in [0.05, 0.1) is 5.56 Å². The first kappa shape index (κ1) is 13.8. The zero-order valence-corrected chi connectivity index (χ0v) is 11.6. The van der Waals surface area contributed by atoms with E-state index in [1.165, 1.54) is 30.3 Å². The van der Waals surface area contributed by atoms with Crippen LogP contribution in [-0.2, 0) is 4.79 Å². The second-order valence-electron chi connectivity index (χ2n) is 4.93. The summed E-state index contributed by atoms with van der Waals surface area (Å²) < 4.78 is 0. The van der Waals surface area contributed by atoms with E-state index in [-0.39, 0.29) is 5.91 Å². The first-order valence-electron chi connectivity index (χ1n) is 6.34. The van der Waals surface area contributed by atoms with Crippen molar-refractivity contribution in [2.24, 2.45) is 11.8 Å². The predicted octanol–water partition coefficient (Wildman–Crippen LogP) is 2.62. The smallest absolute Gasteiger partial charge is 0.328 e. The number of carbonyl (C=O) groups is 2. The number of nitrogens with one attached hydrogen (secondary N) is 1. The van der Waals surface area contributed by atoms with Crippen molar-refractivity contribution in [3.8, 4) is 0 Å². The van der Waals surface area contributed by atoms with Gasteiger partial charge in [0.15, 0.2) is 0 Å². The van der Waals surface area contributed by atoms with E-state index >= 15 is 0 Å². The summed E-state index contributed by atoms with van der Waals surface area (Å²) in [6, 6.07) is 1.71. The Kier molecular flexibility index (Phi) is 4.37. The number of thiophene rings is 1. The number of carboxylic acid groups (broad SMARTS) is 1. The Morgan fingerprint density at radius 1 is 1.58 bits per heavy atom. The summed E-state index contributed by atoms with van der Waals surface area (Å²) in [4.78, 5) is 23.1. The zero-order valence-electron chi connectivity index (χ0n) is 10.8. The summed E-state index contributed by atoms with van der Waals surface area (Å²) in [6.45, 7) is 2.87. The van der Waals surface area contributed by atoms with Crippen molar-refractivity contribution >= 4 is 29.3 Å². The van der Waals surface area contributed by atoms with Gasteiger partial charge in [0.1, 0.15) is 0 Å². The summed E-state index contributed by atoms with van der Waals surface area (Å²) in [5.74, 6) is 0.238. The van der Waals surface area contributed by atoms with Crippen LogP contribution in [0.4, 0.5) is 0 Å². The molecule has 102 valence electrons. The van der Waals surface area contributed by atoms with Gasteiger partial charge in [0.2, 0.25) is 0 Å². The molecule has 0 aliphatic heterocycles. The highest BCUT2D eigenvalue weighted by atomic mass is 32.1. The molecular formula is C14H17NO3S. The van der Waals surface area contributed by atoms with Crippen LogP contribution in [-0.4, -0.2) is 23.5 Å². The van der Waals surface area contributed by atoms with Crippen LogP contribution < -0.4 is 5.32 Å². The monoisotopic (exact) mass is 279 g/mol. The number of carboxylic acids is 1. The van der Waals surface area contributed by atoms with Crippen LogP contribution in [0.15, 0.2) is 17.5 Å². The van der Waals surface area contributed by atoms with Crippen molar-refractivity contribution in [2.75, 3.05) is 6.54 Å². The molecule has 1 aromatic rings. The highest BCUT2D eigenvalue weighted by Crippen LogP contribution is 2.36. The first-order chi connectivity index (χ1) is 9.06. The largest absolute Gasteiger partial charge is 0.478 e. The summed E-state index contributed by atoms with van der Waals surface area (Å²) in [6.07, 6.45) is 5.12. The molecule has 0 aromatic carbocycles. The fourth-order valence-electron chi connectivity index (χ4n) is 1.90.